The number of hydrogen-bond donors (Lipinski definition) is 1. The van der Waals surface area contributed by atoms with Crippen molar-refractivity contribution in [3.63, 3.8) is 0 Å². The van der Waals surface area contributed by atoms with Crippen LogP contribution in [0.1, 0.15) is 17.4 Å². The van der Waals surface area contributed by atoms with Gasteiger partial charge in [0.1, 0.15) is 12.4 Å². The van der Waals surface area contributed by atoms with E-state index < -0.39 is 0 Å². The summed E-state index contributed by atoms with van der Waals surface area (Å²) in [6.07, 6.45) is 0.977. The molecule has 0 spiro atoms. The zero-order chi connectivity index (χ0) is 12.3. The van der Waals surface area contributed by atoms with Gasteiger partial charge >= 0.3 is 0 Å². The van der Waals surface area contributed by atoms with Gasteiger partial charge < -0.3 is 10.5 Å². The molecule has 0 amide bonds. The standard InChI is InChI=1S/C13H14ClNOS/c1-2-9-3-5-12(11(15)7-9)16-8-10-4-6-13(14)17-10/h3-7H,2,8,15H2,1H3. The van der Waals surface area contributed by atoms with Crippen molar-refractivity contribution in [2.75, 3.05) is 5.73 Å². The Hall–Kier alpha value is -1.19. The molecular weight excluding hydrogens is 254 g/mol. The SMILES string of the molecule is CCc1ccc(OCc2ccc(Cl)s2)c(N)c1. The Labute approximate surface area is 110 Å². The number of nitrogen functional groups attached to an aromatic ring is 1. The van der Waals surface area contributed by atoms with Crippen molar-refractivity contribution in [3.05, 3.63) is 45.1 Å². The zero-order valence-electron chi connectivity index (χ0n) is 9.57. The van der Waals surface area contributed by atoms with Crippen molar-refractivity contribution in [1.82, 2.24) is 0 Å². The molecule has 17 heavy (non-hydrogen) atoms. The third-order valence-corrected chi connectivity index (χ3v) is 3.69. The molecular formula is C13H14ClNOS. The summed E-state index contributed by atoms with van der Waals surface area (Å²) in [5, 5.41) is 0. The average Bonchev–Trinajstić information content (AvgIpc) is 2.73. The smallest absolute Gasteiger partial charge is 0.142 e. The molecule has 0 fully saturated rings. The van der Waals surface area contributed by atoms with Crippen molar-refractivity contribution >= 4 is 28.6 Å². The van der Waals surface area contributed by atoms with E-state index in [9.17, 15) is 0 Å². The lowest BCUT2D eigenvalue weighted by Crippen LogP contribution is -1.98. The molecule has 0 aliphatic carbocycles. The van der Waals surface area contributed by atoms with Crippen LogP contribution in [0.25, 0.3) is 0 Å². The molecule has 2 rings (SSSR count). The van der Waals surface area contributed by atoms with Crippen LogP contribution in [0.3, 0.4) is 0 Å². The highest BCUT2D eigenvalue weighted by atomic mass is 35.5. The number of anilines is 1. The monoisotopic (exact) mass is 267 g/mol. The summed E-state index contributed by atoms with van der Waals surface area (Å²) < 4.78 is 6.44. The first kappa shape index (κ1) is 12.3. The summed E-state index contributed by atoms with van der Waals surface area (Å²) in [6, 6.07) is 9.74. The summed E-state index contributed by atoms with van der Waals surface area (Å²) in [5.41, 5.74) is 7.82. The fourth-order valence-electron chi connectivity index (χ4n) is 1.53. The maximum absolute atomic E-state index is 5.92. The first-order valence-electron chi connectivity index (χ1n) is 5.44. The third kappa shape index (κ3) is 3.14. The Kier molecular flexibility index (Phi) is 3.92. The number of nitrogens with two attached hydrogens (primary N) is 1. The summed E-state index contributed by atoms with van der Waals surface area (Å²) in [7, 11) is 0. The van der Waals surface area contributed by atoms with E-state index in [1.54, 1.807) is 0 Å². The fourth-order valence-corrected chi connectivity index (χ4v) is 2.53. The van der Waals surface area contributed by atoms with E-state index in [-0.39, 0.29) is 0 Å². The number of aryl methyl sites for hydroxylation is 1. The second kappa shape index (κ2) is 5.43. The van der Waals surface area contributed by atoms with Crippen LogP contribution in [0.4, 0.5) is 5.69 Å². The molecule has 0 unspecified atom stereocenters. The molecule has 0 aliphatic heterocycles. The lowest BCUT2D eigenvalue weighted by Gasteiger charge is -2.08. The highest BCUT2D eigenvalue weighted by Crippen LogP contribution is 2.26. The number of hydrogen-bond acceptors (Lipinski definition) is 3. The predicted molar refractivity (Wildman–Crippen MR) is 73.9 cm³/mol. The van der Waals surface area contributed by atoms with Gasteiger partial charge in [-0.05, 0) is 36.2 Å². The van der Waals surface area contributed by atoms with E-state index in [0.29, 0.717) is 12.3 Å². The van der Waals surface area contributed by atoms with Gasteiger partial charge in [-0.25, -0.2) is 0 Å². The predicted octanol–water partition coefficient (Wildman–Crippen LogP) is 4.13. The molecule has 1 aromatic heterocycles. The topological polar surface area (TPSA) is 35.2 Å². The Balaban J connectivity index is 2.04. The minimum atomic E-state index is 0.507. The van der Waals surface area contributed by atoms with Crippen LogP contribution < -0.4 is 10.5 Å². The van der Waals surface area contributed by atoms with E-state index in [0.717, 1.165) is 21.4 Å². The maximum atomic E-state index is 5.92. The van der Waals surface area contributed by atoms with Gasteiger partial charge in [0.05, 0.1) is 10.0 Å². The zero-order valence-corrected chi connectivity index (χ0v) is 11.1. The molecule has 2 N–H and O–H groups in total. The van der Waals surface area contributed by atoms with Crippen molar-refractivity contribution in [1.29, 1.82) is 0 Å². The number of rotatable bonds is 4. The summed E-state index contributed by atoms with van der Waals surface area (Å²) in [6.45, 7) is 2.61. The van der Waals surface area contributed by atoms with Crippen LogP contribution >= 0.6 is 22.9 Å². The second-order valence-electron chi connectivity index (χ2n) is 3.72. The van der Waals surface area contributed by atoms with E-state index in [4.69, 9.17) is 22.1 Å². The van der Waals surface area contributed by atoms with Gasteiger partial charge in [0.25, 0.3) is 0 Å². The van der Waals surface area contributed by atoms with E-state index in [2.05, 4.69) is 6.92 Å². The number of benzene rings is 1. The van der Waals surface area contributed by atoms with Crippen LogP contribution in [0, 0.1) is 0 Å². The minimum absolute atomic E-state index is 0.507. The third-order valence-electron chi connectivity index (χ3n) is 2.48. The normalized spacial score (nSPS) is 10.5. The lowest BCUT2D eigenvalue weighted by atomic mass is 10.1. The van der Waals surface area contributed by atoms with Gasteiger partial charge in [-0.1, -0.05) is 24.6 Å². The van der Waals surface area contributed by atoms with Crippen LogP contribution in [0.2, 0.25) is 4.34 Å². The number of ether oxygens (including phenoxy) is 1. The van der Waals surface area contributed by atoms with E-state index >= 15 is 0 Å². The first-order valence-corrected chi connectivity index (χ1v) is 6.64. The van der Waals surface area contributed by atoms with Crippen molar-refractivity contribution in [2.45, 2.75) is 20.0 Å². The Morgan fingerprint density at radius 2 is 2.12 bits per heavy atom. The molecule has 0 atom stereocenters. The van der Waals surface area contributed by atoms with Crippen LogP contribution in [0.15, 0.2) is 30.3 Å². The highest BCUT2D eigenvalue weighted by molar-refractivity contribution is 7.16. The lowest BCUT2D eigenvalue weighted by molar-refractivity contribution is 0.311. The van der Waals surface area contributed by atoms with E-state index in [1.807, 2.05) is 30.3 Å². The van der Waals surface area contributed by atoms with Gasteiger partial charge in [0, 0.05) is 4.88 Å². The fraction of sp³-hybridized carbons (Fsp3) is 0.231. The summed E-state index contributed by atoms with van der Waals surface area (Å²) in [4.78, 5) is 1.09. The van der Waals surface area contributed by atoms with Gasteiger partial charge in [0.15, 0.2) is 0 Å². The van der Waals surface area contributed by atoms with Gasteiger partial charge in [-0.15, -0.1) is 11.3 Å². The molecule has 0 saturated heterocycles. The molecule has 2 nitrogen and oxygen atoms in total. The molecule has 4 heteroatoms. The molecule has 0 saturated carbocycles. The van der Waals surface area contributed by atoms with Crippen LogP contribution in [-0.4, -0.2) is 0 Å². The van der Waals surface area contributed by atoms with Gasteiger partial charge in [-0.2, -0.15) is 0 Å². The minimum Gasteiger partial charge on any atom is -0.486 e. The van der Waals surface area contributed by atoms with Crippen LogP contribution in [-0.2, 0) is 13.0 Å². The van der Waals surface area contributed by atoms with Crippen LogP contribution in [0.5, 0.6) is 5.75 Å². The Bertz CT molecular complexity index is 510. The van der Waals surface area contributed by atoms with Crippen molar-refractivity contribution in [3.8, 4) is 5.75 Å². The largest absolute Gasteiger partial charge is 0.486 e. The first-order chi connectivity index (χ1) is 8.19. The average molecular weight is 268 g/mol. The quantitative estimate of drug-likeness (QED) is 0.846. The number of halogens is 1. The van der Waals surface area contributed by atoms with Crippen molar-refractivity contribution < 1.29 is 4.74 Å². The summed E-state index contributed by atoms with van der Waals surface area (Å²) in [5.74, 6) is 0.728. The van der Waals surface area contributed by atoms with Gasteiger partial charge in [-0.3, -0.25) is 0 Å². The molecule has 1 heterocycles. The maximum Gasteiger partial charge on any atom is 0.142 e. The highest BCUT2D eigenvalue weighted by Gasteiger charge is 2.03. The molecule has 0 radical (unpaired) electrons. The molecule has 0 bridgehead atoms. The molecule has 1 aromatic carbocycles. The van der Waals surface area contributed by atoms with Gasteiger partial charge in [0.2, 0.25) is 0 Å². The Morgan fingerprint density at radius 1 is 1.29 bits per heavy atom. The molecule has 0 aliphatic rings. The molecule has 90 valence electrons. The summed E-state index contributed by atoms with van der Waals surface area (Å²) >= 11 is 7.37. The second-order valence-corrected chi connectivity index (χ2v) is 5.52. The van der Waals surface area contributed by atoms with E-state index in [1.165, 1.54) is 16.9 Å². The number of thiophene rings is 1. The Morgan fingerprint density at radius 3 is 2.71 bits per heavy atom. The molecule has 2 aromatic rings. The van der Waals surface area contributed by atoms with Crippen molar-refractivity contribution in [2.24, 2.45) is 0 Å².